The Morgan fingerprint density at radius 1 is 1.15 bits per heavy atom. The lowest BCUT2D eigenvalue weighted by atomic mass is 9.95. The van der Waals surface area contributed by atoms with Crippen molar-refractivity contribution in [3.8, 4) is 5.75 Å². The van der Waals surface area contributed by atoms with Crippen molar-refractivity contribution in [1.29, 1.82) is 0 Å². The molecule has 0 aliphatic heterocycles. The van der Waals surface area contributed by atoms with Gasteiger partial charge >= 0.3 is 5.97 Å². The fraction of sp³-hybridized carbons (Fsp3) is 0.400. The zero-order valence-corrected chi connectivity index (χ0v) is 16.4. The molecule has 1 amide bonds. The van der Waals surface area contributed by atoms with E-state index in [9.17, 15) is 9.59 Å². The lowest BCUT2D eigenvalue weighted by Crippen LogP contribution is -2.22. The van der Waals surface area contributed by atoms with Gasteiger partial charge in [-0.15, -0.1) is 11.3 Å². The van der Waals surface area contributed by atoms with Crippen LogP contribution in [0.25, 0.3) is 0 Å². The number of carbonyl (C=O) groups is 2. The zero-order chi connectivity index (χ0) is 19.2. The monoisotopic (exact) mass is 388 g/mol. The third-order valence-corrected chi connectivity index (χ3v) is 5.64. The number of hydrogen-bond acceptors (Lipinski definition) is 6. The van der Waals surface area contributed by atoms with Gasteiger partial charge in [0.25, 0.3) is 0 Å². The molecule has 7 heteroatoms. The molecule has 0 spiro atoms. The minimum absolute atomic E-state index is 0.108. The van der Waals surface area contributed by atoms with E-state index in [2.05, 4.69) is 10.6 Å². The van der Waals surface area contributed by atoms with Crippen molar-refractivity contribution >= 4 is 33.9 Å². The van der Waals surface area contributed by atoms with Crippen LogP contribution in [0.15, 0.2) is 24.3 Å². The molecule has 2 aromatic rings. The van der Waals surface area contributed by atoms with E-state index in [0.717, 1.165) is 42.7 Å². The zero-order valence-electron chi connectivity index (χ0n) is 15.6. The molecule has 0 radical (unpaired) electrons. The summed E-state index contributed by atoms with van der Waals surface area (Å²) >= 11 is 1.49. The Hall–Kier alpha value is -2.54. The number of ether oxygens (including phenoxy) is 2. The highest BCUT2D eigenvalue weighted by molar-refractivity contribution is 7.17. The molecular weight excluding hydrogens is 364 g/mol. The van der Waals surface area contributed by atoms with Crippen LogP contribution in [0.4, 0.5) is 10.7 Å². The molecule has 0 bridgehead atoms. The molecule has 0 atom stereocenters. The van der Waals surface area contributed by atoms with Crippen molar-refractivity contribution in [2.75, 3.05) is 30.9 Å². The first-order chi connectivity index (χ1) is 13.1. The first-order valence-corrected chi connectivity index (χ1v) is 9.93. The van der Waals surface area contributed by atoms with E-state index >= 15 is 0 Å². The van der Waals surface area contributed by atoms with Gasteiger partial charge in [-0.3, -0.25) is 4.79 Å². The van der Waals surface area contributed by atoms with Gasteiger partial charge < -0.3 is 20.1 Å². The van der Waals surface area contributed by atoms with Gasteiger partial charge in [-0.1, -0.05) is 0 Å². The molecule has 2 N–H and O–H groups in total. The summed E-state index contributed by atoms with van der Waals surface area (Å²) in [6, 6.07) is 7.43. The standard InChI is InChI=1S/C20H24N2O4S/c1-3-26-14-10-8-13(9-11-14)21-12-17(23)22-19-18(20(24)25-2)15-6-4-5-7-16(15)27-19/h8-11,21H,3-7,12H2,1-2H3,(H,22,23). The van der Waals surface area contributed by atoms with Crippen LogP contribution in [0.2, 0.25) is 0 Å². The maximum atomic E-state index is 12.4. The average molecular weight is 388 g/mol. The Balaban J connectivity index is 1.65. The third kappa shape index (κ3) is 4.60. The molecule has 1 aromatic carbocycles. The topological polar surface area (TPSA) is 76.7 Å². The molecule has 1 aromatic heterocycles. The van der Waals surface area contributed by atoms with Crippen LogP contribution in [-0.2, 0) is 22.4 Å². The van der Waals surface area contributed by atoms with Gasteiger partial charge in [0, 0.05) is 10.6 Å². The van der Waals surface area contributed by atoms with E-state index in [4.69, 9.17) is 9.47 Å². The Kier molecular flexibility index (Phi) is 6.34. The third-order valence-electron chi connectivity index (χ3n) is 4.43. The maximum Gasteiger partial charge on any atom is 0.341 e. The van der Waals surface area contributed by atoms with Gasteiger partial charge in [0.15, 0.2) is 0 Å². The van der Waals surface area contributed by atoms with E-state index in [1.54, 1.807) is 0 Å². The van der Waals surface area contributed by atoms with E-state index in [1.807, 2.05) is 31.2 Å². The van der Waals surface area contributed by atoms with E-state index < -0.39 is 0 Å². The first-order valence-electron chi connectivity index (χ1n) is 9.11. The van der Waals surface area contributed by atoms with Gasteiger partial charge in [0.1, 0.15) is 10.8 Å². The fourth-order valence-corrected chi connectivity index (χ4v) is 4.45. The van der Waals surface area contributed by atoms with E-state index in [-0.39, 0.29) is 18.4 Å². The average Bonchev–Trinajstić information content (AvgIpc) is 3.05. The number of aryl methyl sites for hydroxylation is 1. The summed E-state index contributed by atoms with van der Waals surface area (Å²) in [5, 5.41) is 6.55. The number of carbonyl (C=O) groups excluding carboxylic acids is 2. The fourth-order valence-electron chi connectivity index (χ4n) is 3.16. The molecule has 6 nitrogen and oxygen atoms in total. The number of thiophene rings is 1. The van der Waals surface area contributed by atoms with Crippen molar-refractivity contribution in [1.82, 2.24) is 0 Å². The summed E-state index contributed by atoms with van der Waals surface area (Å²) in [7, 11) is 1.37. The smallest absolute Gasteiger partial charge is 0.341 e. The number of rotatable bonds is 7. The molecule has 0 unspecified atom stereocenters. The van der Waals surface area contributed by atoms with Crippen LogP contribution in [0.5, 0.6) is 5.75 Å². The Labute approximate surface area is 162 Å². The highest BCUT2D eigenvalue weighted by atomic mass is 32.1. The van der Waals surface area contributed by atoms with Crippen LogP contribution in [0.1, 0.15) is 40.6 Å². The lowest BCUT2D eigenvalue weighted by Gasteiger charge is -2.12. The van der Waals surface area contributed by atoms with E-state index in [1.165, 1.54) is 23.3 Å². The SMILES string of the molecule is CCOc1ccc(NCC(=O)Nc2sc3c(c2C(=O)OC)CCCC3)cc1. The summed E-state index contributed by atoms with van der Waals surface area (Å²) in [5.41, 5.74) is 2.38. The van der Waals surface area contributed by atoms with E-state index in [0.29, 0.717) is 17.2 Å². The molecule has 1 heterocycles. The minimum atomic E-state index is -0.385. The number of amides is 1. The highest BCUT2D eigenvalue weighted by Crippen LogP contribution is 2.38. The predicted octanol–water partition coefficient (Wildman–Crippen LogP) is 3.86. The summed E-state index contributed by atoms with van der Waals surface area (Å²) in [5.74, 6) is 0.205. The number of methoxy groups -OCH3 is 1. The summed E-state index contributed by atoms with van der Waals surface area (Å²) in [6.45, 7) is 2.65. The molecule has 144 valence electrons. The second-order valence-corrected chi connectivity index (χ2v) is 7.37. The van der Waals surface area contributed by atoms with Gasteiger partial charge in [-0.2, -0.15) is 0 Å². The number of nitrogens with one attached hydrogen (secondary N) is 2. The summed E-state index contributed by atoms with van der Waals surface area (Å²) in [4.78, 5) is 25.8. The van der Waals surface area contributed by atoms with Crippen LogP contribution < -0.4 is 15.4 Å². The number of esters is 1. The molecule has 0 fully saturated rings. The van der Waals surface area contributed by atoms with Gasteiger partial charge in [-0.05, 0) is 62.4 Å². The van der Waals surface area contributed by atoms with Crippen LogP contribution >= 0.6 is 11.3 Å². The van der Waals surface area contributed by atoms with Crippen molar-refractivity contribution in [3.63, 3.8) is 0 Å². The molecule has 1 aliphatic carbocycles. The van der Waals surface area contributed by atoms with Gasteiger partial charge in [0.2, 0.25) is 5.91 Å². The molecule has 27 heavy (non-hydrogen) atoms. The molecule has 3 rings (SSSR count). The minimum Gasteiger partial charge on any atom is -0.494 e. The second-order valence-electron chi connectivity index (χ2n) is 6.27. The number of anilines is 2. The summed E-state index contributed by atoms with van der Waals surface area (Å²) < 4.78 is 10.3. The molecular formula is C20H24N2O4S. The Morgan fingerprint density at radius 3 is 2.59 bits per heavy atom. The maximum absolute atomic E-state index is 12.4. The lowest BCUT2D eigenvalue weighted by molar-refractivity contribution is -0.114. The first kappa shape index (κ1) is 19.2. The molecule has 0 saturated carbocycles. The van der Waals surface area contributed by atoms with Crippen molar-refractivity contribution in [2.24, 2.45) is 0 Å². The highest BCUT2D eigenvalue weighted by Gasteiger charge is 2.26. The van der Waals surface area contributed by atoms with Gasteiger partial charge in [0.05, 0.1) is 25.8 Å². The molecule has 1 aliphatic rings. The number of fused-ring (bicyclic) bond motifs is 1. The predicted molar refractivity (Wildman–Crippen MR) is 107 cm³/mol. The van der Waals surface area contributed by atoms with Crippen LogP contribution in [-0.4, -0.2) is 32.1 Å². The van der Waals surface area contributed by atoms with Crippen molar-refractivity contribution in [2.45, 2.75) is 32.6 Å². The van der Waals surface area contributed by atoms with Gasteiger partial charge in [-0.25, -0.2) is 4.79 Å². The second kappa shape index (κ2) is 8.90. The quantitative estimate of drug-likeness (QED) is 0.705. The van der Waals surface area contributed by atoms with Crippen molar-refractivity contribution < 1.29 is 19.1 Å². The summed E-state index contributed by atoms with van der Waals surface area (Å²) in [6.07, 6.45) is 3.97. The Bertz CT molecular complexity index is 814. The largest absolute Gasteiger partial charge is 0.494 e. The number of benzene rings is 1. The van der Waals surface area contributed by atoms with Crippen LogP contribution in [0, 0.1) is 0 Å². The molecule has 0 saturated heterocycles. The number of hydrogen-bond donors (Lipinski definition) is 2. The normalized spacial score (nSPS) is 12.8. The Morgan fingerprint density at radius 2 is 1.89 bits per heavy atom. The van der Waals surface area contributed by atoms with Crippen LogP contribution in [0.3, 0.4) is 0 Å². The van der Waals surface area contributed by atoms with Crippen molar-refractivity contribution in [3.05, 3.63) is 40.3 Å².